The minimum Gasteiger partial charge on any atom is -0.496 e. The quantitative estimate of drug-likeness (QED) is 0.715. The Labute approximate surface area is 102 Å². The first-order valence-corrected chi connectivity index (χ1v) is 5.67. The van der Waals surface area contributed by atoms with Gasteiger partial charge in [0, 0.05) is 6.54 Å². The summed E-state index contributed by atoms with van der Waals surface area (Å²) in [6.07, 6.45) is -1.70. The van der Waals surface area contributed by atoms with Gasteiger partial charge in [-0.05, 0) is 49.7 Å². The second-order valence-electron chi connectivity index (χ2n) is 4.26. The molecule has 0 amide bonds. The lowest BCUT2D eigenvalue weighted by Crippen LogP contribution is -2.29. The smallest absolute Gasteiger partial charge is 0.124 e. The predicted octanol–water partition coefficient (Wildman–Crippen LogP) is 0.926. The van der Waals surface area contributed by atoms with Gasteiger partial charge in [0.25, 0.3) is 0 Å². The largest absolute Gasteiger partial charge is 0.496 e. The van der Waals surface area contributed by atoms with E-state index in [1.807, 2.05) is 26.0 Å². The molecule has 4 nitrogen and oxygen atoms in total. The van der Waals surface area contributed by atoms with E-state index in [0.29, 0.717) is 12.1 Å². The summed E-state index contributed by atoms with van der Waals surface area (Å²) in [4.78, 5) is 0. The van der Waals surface area contributed by atoms with Crippen LogP contribution in [-0.4, -0.2) is 37.0 Å². The van der Waals surface area contributed by atoms with Crippen LogP contribution in [0.4, 0.5) is 0 Å². The van der Waals surface area contributed by atoms with Crippen molar-refractivity contribution >= 4 is 0 Å². The topological polar surface area (TPSA) is 61.7 Å². The number of aryl methyl sites for hydroxylation is 2. The van der Waals surface area contributed by atoms with Gasteiger partial charge in [-0.25, -0.2) is 0 Å². The van der Waals surface area contributed by atoms with Crippen molar-refractivity contribution < 1.29 is 14.9 Å². The molecule has 0 spiro atoms. The average Bonchev–Trinajstić information content (AvgIpc) is 2.27. The summed E-state index contributed by atoms with van der Waals surface area (Å²) in [7, 11) is 3.36. The standard InChI is InChI=1S/C13H21NO3/c1-8-5-10(6-9(2)13(8)17-4)12(16)11(15)7-14-3/h5-6,11-12,14-16H,7H2,1-4H3. The van der Waals surface area contributed by atoms with Crippen LogP contribution in [0.3, 0.4) is 0 Å². The van der Waals surface area contributed by atoms with E-state index >= 15 is 0 Å². The number of methoxy groups -OCH3 is 1. The SMILES string of the molecule is CNCC(O)C(O)c1cc(C)c(OC)c(C)c1. The molecule has 0 saturated carbocycles. The number of hydrogen-bond acceptors (Lipinski definition) is 4. The second kappa shape index (κ2) is 6.00. The van der Waals surface area contributed by atoms with E-state index < -0.39 is 12.2 Å². The summed E-state index contributed by atoms with van der Waals surface area (Å²) in [5.41, 5.74) is 2.62. The van der Waals surface area contributed by atoms with Gasteiger partial charge in [0.2, 0.25) is 0 Å². The van der Waals surface area contributed by atoms with Crippen LogP contribution in [-0.2, 0) is 0 Å². The molecule has 96 valence electrons. The van der Waals surface area contributed by atoms with Crippen molar-refractivity contribution in [2.45, 2.75) is 26.1 Å². The zero-order valence-corrected chi connectivity index (χ0v) is 10.8. The van der Waals surface area contributed by atoms with E-state index in [9.17, 15) is 10.2 Å². The van der Waals surface area contributed by atoms with E-state index in [-0.39, 0.29) is 0 Å². The maximum Gasteiger partial charge on any atom is 0.124 e. The first kappa shape index (κ1) is 14.0. The van der Waals surface area contributed by atoms with Crippen LogP contribution in [0, 0.1) is 13.8 Å². The summed E-state index contributed by atoms with van der Waals surface area (Å²) < 4.78 is 5.26. The fourth-order valence-corrected chi connectivity index (χ4v) is 2.02. The van der Waals surface area contributed by atoms with Crippen molar-refractivity contribution in [1.82, 2.24) is 5.32 Å². The van der Waals surface area contributed by atoms with Gasteiger partial charge in [-0.15, -0.1) is 0 Å². The third kappa shape index (κ3) is 3.19. The summed E-state index contributed by atoms with van der Waals surface area (Å²) in [5.74, 6) is 0.823. The Morgan fingerprint density at radius 2 is 1.76 bits per heavy atom. The minimum absolute atomic E-state index is 0.352. The van der Waals surface area contributed by atoms with E-state index in [1.165, 1.54) is 0 Å². The Morgan fingerprint density at radius 3 is 2.18 bits per heavy atom. The maximum atomic E-state index is 10.0. The van der Waals surface area contributed by atoms with Gasteiger partial charge in [0.05, 0.1) is 13.2 Å². The number of benzene rings is 1. The highest BCUT2D eigenvalue weighted by Gasteiger charge is 2.19. The molecule has 0 saturated heterocycles. The molecular weight excluding hydrogens is 218 g/mol. The third-order valence-corrected chi connectivity index (χ3v) is 2.81. The van der Waals surface area contributed by atoms with Crippen LogP contribution in [0.15, 0.2) is 12.1 Å². The molecule has 1 rings (SSSR count). The lowest BCUT2D eigenvalue weighted by Gasteiger charge is -2.20. The van der Waals surface area contributed by atoms with Gasteiger partial charge in [0.15, 0.2) is 0 Å². The lowest BCUT2D eigenvalue weighted by molar-refractivity contribution is 0.0201. The Balaban J connectivity index is 2.99. The summed E-state index contributed by atoms with van der Waals surface area (Å²) >= 11 is 0. The van der Waals surface area contributed by atoms with Gasteiger partial charge in [-0.3, -0.25) is 0 Å². The maximum absolute atomic E-state index is 10.0. The number of hydrogen-bond donors (Lipinski definition) is 3. The van der Waals surface area contributed by atoms with Gasteiger partial charge >= 0.3 is 0 Å². The van der Waals surface area contributed by atoms with Crippen LogP contribution >= 0.6 is 0 Å². The van der Waals surface area contributed by atoms with Crippen LogP contribution in [0.1, 0.15) is 22.8 Å². The van der Waals surface area contributed by atoms with Gasteiger partial charge in [-0.1, -0.05) is 0 Å². The Bertz CT molecular complexity index is 356. The number of nitrogens with one attached hydrogen (secondary N) is 1. The van der Waals surface area contributed by atoms with E-state index in [0.717, 1.165) is 16.9 Å². The van der Waals surface area contributed by atoms with E-state index in [1.54, 1.807) is 14.2 Å². The molecule has 0 fully saturated rings. The summed E-state index contributed by atoms with van der Waals surface area (Å²) in [5, 5.41) is 22.6. The normalized spacial score (nSPS) is 14.5. The monoisotopic (exact) mass is 239 g/mol. The summed E-state index contributed by atoms with van der Waals surface area (Å²) in [6.45, 7) is 4.20. The van der Waals surface area contributed by atoms with Gasteiger partial charge < -0.3 is 20.3 Å². The van der Waals surface area contributed by atoms with Crippen LogP contribution < -0.4 is 10.1 Å². The van der Waals surface area contributed by atoms with E-state index in [2.05, 4.69) is 5.32 Å². The van der Waals surface area contributed by atoms with Crippen molar-refractivity contribution in [3.8, 4) is 5.75 Å². The van der Waals surface area contributed by atoms with E-state index in [4.69, 9.17) is 4.74 Å². The fourth-order valence-electron chi connectivity index (χ4n) is 2.02. The third-order valence-electron chi connectivity index (χ3n) is 2.81. The number of aliphatic hydroxyl groups is 2. The van der Waals surface area contributed by atoms with Crippen molar-refractivity contribution in [2.75, 3.05) is 20.7 Å². The molecule has 0 aliphatic heterocycles. The summed E-state index contributed by atoms with van der Waals surface area (Å²) in [6, 6.07) is 3.69. The van der Waals surface area contributed by atoms with Crippen LogP contribution in [0.5, 0.6) is 5.75 Å². The highest BCUT2D eigenvalue weighted by molar-refractivity contribution is 5.44. The molecular formula is C13H21NO3. The van der Waals surface area contributed by atoms with Crippen LogP contribution in [0.2, 0.25) is 0 Å². The van der Waals surface area contributed by atoms with Gasteiger partial charge in [0.1, 0.15) is 11.9 Å². The number of ether oxygens (including phenoxy) is 1. The van der Waals surface area contributed by atoms with Gasteiger partial charge in [-0.2, -0.15) is 0 Å². The minimum atomic E-state index is -0.884. The van der Waals surface area contributed by atoms with Crippen molar-refractivity contribution in [3.05, 3.63) is 28.8 Å². The zero-order valence-electron chi connectivity index (χ0n) is 10.8. The Kier molecular flexibility index (Phi) is 4.93. The van der Waals surface area contributed by atoms with Crippen molar-refractivity contribution in [2.24, 2.45) is 0 Å². The molecule has 2 atom stereocenters. The average molecular weight is 239 g/mol. The Hall–Kier alpha value is -1.10. The molecule has 1 aromatic rings. The van der Waals surface area contributed by atoms with Crippen molar-refractivity contribution in [1.29, 1.82) is 0 Å². The molecule has 2 unspecified atom stereocenters. The second-order valence-corrected chi connectivity index (χ2v) is 4.26. The lowest BCUT2D eigenvalue weighted by atomic mass is 9.99. The first-order chi connectivity index (χ1) is 8.01. The molecule has 0 aliphatic carbocycles. The fraction of sp³-hybridized carbons (Fsp3) is 0.538. The molecule has 0 heterocycles. The molecule has 0 aliphatic rings. The molecule has 3 N–H and O–H groups in total. The molecule has 0 radical (unpaired) electrons. The van der Waals surface area contributed by atoms with Crippen LogP contribution in [0.25, 0.3) is 0 Å². The number of aliphatic hydroxyl groups excluding tert-OH is 2. The highest BCUT2D eigenvalue weighted by Crippen LogP contribution is 2.28. The molecule has 17 heavy (non-hydrogen) atoms. The molecule has 4 heteroatoms. The van der Waals surface area contributed by atoms with Crippen molar-refractivity contribution in [3.63, 3.8) is 0 Å². The first-order valence-electron chi connectivity index (χ1n) is 5.67. The highest BCUT2D eigenvalue weighted by atomic mass is 16.5. The molecule has 0 bridgehead atoms. The zero-order chi connectivity index (χ0) is 13.0. The number of likely N-dealkylation sites (N-methyl/N-ethyl adjacent to an activating group) is 1. The molecule has 0 aromatic heterocycles. The molecule has 1 aromatic carbocycles. The number of rotatable bonds is 5. The predicted molar refractivity (Wildman–Crippen MR) is 67.4 cm³/mol. The Morgan fingerprint density at radius 1 is 1.24 bits per heavy atom.